The van der Waals surface area contributed by atoms with Crippen molar-refractivity contribution >= 4 is 17.1 Å². The minimum Gasteiger partial charge on any atom is -0.310 e. The predicted octanol–water partition coefficient (Wildman–Crippen LogP) is 14.8. The lowest BCUT2D eigenvalue weighted by Crippen LogP contribution is -2.28. The summed E-state index contributed by atoms with van der Waals surface area (Å²) in [7, 11) is 0. The fraction of sp³-hybridized carbons (Fsp3) is 0.0690. The Morgan fingerprint density at radius 2 is 0.831 bits per heavy atom. The minimum absolute atomic E-state index is 0.213. The summed E-state index contributed by atoms with van der Waals surface area (Å²) in [5.74, 6) is 0. The molecule has 0 amide bonds. The average molecular weight is 752 g/mol. The minimum atomic E-state index is -0.500. The van der Waals surface area contributed by atoms with E-state index in [1.807, 2.05) is 6.07 Å². The van der Waals surface area contributed by atoms with E-state index in [-0.39, 0.29) is 5.41 Å². The summed E-state index contributed by atoms with van der Waals surface area (Å²) in [4.78, 5) is 2.45. The first-order valence-electron chi connectivity index (χ1n) is 20.5. The van der Waals surface area contributed by atoms with Crippen LogP contribution in [0.2, 0.25) is 0 Å². The Morgan fingerprint density at radius 1 is 0.373 bits per heavy atom. The lowest BCUT2D eigenvalue weighted by molar-refractivity contribution is 0.661. The molecule has 0 saturated heterocycles. The maximum atomic E-state index is 3.47. The van der Waals surface area contributed by atoms with Gasteiger partial charge in [-0.25, -0.2) is 0 Å². The Bertz CT molecular complexity index is 2940. The van der Waals surface area contributed by atoms with E-state index in [4.69, 9.17) is 0 Å². The van der Waals surface area contributed by atoms with Gasteiger partial charge in [0.05, 0.1) is 5.41 Å². The van der Waals surface area contributed by atoms with Gasteiger partial charge in [0.25, 0.3) is 0 Å². The highest BCUT2D eigenvalue weighted by Gasteiger charge is 2.46. The Labute approximate surface area is 347 Å². The summed E-state index contributed by atoms with van der Waals surface area (Å²) in [6.07, 6.45) is 0. The van der Waals surface area contributed by atoms with Crippen LogP contribution in [-0.2, 0) is 10.8 Å². The van der Waals surface area contributed by atoms with Crippen LogP contribution < -0.4 is 4.90 Å². The van der Waals surface area contributed by atoms with E-state index in [9.17, 15) is 0 Å². The molecule has 0 aromatic heterocycles. The Hall–Kier alpha value is -7.40. The molecule has 0 unspecified atom stereocenters. The van der Waals surface area contributed by atoms with Gasteiger partial charge in [-0.05, 0) is 121 Å². The molecular formula is C58H41N. The molecule has 0 heterocycles. The molecule has 9 aromatic carbocycles. The van der Waals surface area contributed by atoms with Gasteiger partial charge in [0.15, 0.2) is 0 Å². The van der Waals surface area contributed by atoms with Crippen molar-refractivity contribution in [2.75, 3.05) is 4.90 Å². The first-order chi connectivity index (χ1) is 29.0. The molecule has 2 aliphatic carbocycles. The van der Waals surface area contributed by atoms with Crippen molar-refractivity contribution in [3.05, 3.63) is 258 Å². The molecule has 1 nitrogen and oxygen atoms in total. The number of fused-ring (bicyclic) bond motifs is 6. The third kappa shape index (κ3) is 5.41. The van der Waals surface area contributed by atoms with Gasteiger partial charge < -0.3 is 4.90 Å². The molecule has 0 radical (unpaired) electrons. The predicted molar refractivity (Wildman–Crippen MR) is 245 cm³/mol. The van der Waals surface area contributed by atoms with E-state index >= 15 is 0 Å². The zero-order valence-corrected chi connectivity index (χ0v) is 33.2. The number of benzene rings is 8. The number of rotatable bonds is 7. The van der Waals surface area contributed by atoms with Crippen molar-refractivity contribution in [1.29, 1.82) is 0 Å². The molecule has 0 bridgehead atoms. The van der Waals surface area contributed by atoms with Gasteiger partial charge in [0.2, 0.25) is 0 Å². The van der Waals surface area contributed by atoms with E-state index in [2.05, 4.69) is 237 Å². The van der Waals surface area contributed by atoms with Crippen LogP contribution in [0, 0.1) is 12.1 Å². The molecule has 59 heavy (non-hydrogen) atoms. The van der Waals surface area contributed by atoms with Crippen LogP contribution in [0.5, 0.6) is 0 Å². The summed E-state index contributed by atoms with van der Waals surface area (Å²) < 4.78 is 0. The van der Waals surface area contributed by atoms with Crippen LogP contribution in [0.1, 0.15) is 47.2 Å². The molecule has 0 aliphatic heterocycles. The highest BCUT2D eigenvalue weighted by atomic mass is 15.1. The molecule has 0 N–H and O–H groups in total. The number of anilines is 3. The van der Waals surface area contributed by atoms with E-state index in [0.29, 0.717) is 0 Å². The lowest BCUT2D eigenvalue weighted by Gasteiger charge is -2.35. The van der Waals surface area contributed by atoms with Gasteiger partial charge in [-0.2, -0.15) is 0 Å². The molecule has 1 heteroatoms. The van der Waals surface area contributed by atoms with E-state index in [1.165, 1.54) is 77.9 Å². The second kappa shape index (κ2) is 13.6. The average Bonchev–Trinajstić information content (AvgIpc) is 3.73. The van der Waals surface area contributed by atoms with Crippen molar-refractivity contribution in [2.24, 2.45) is 0 Å². The van der Waals surface area contributed by atoms with Crippen LogP contribution in [0.25, 0.3) is 44.5 Å². The highest BCUT2D eigenvalue weighted by Crippen LogP contribution is 2.57. The molecule has 278 valence electrons. The van der Waals surface area contributed by atoms with Gasteiger partial charge in [-0.3, -0.25) is 0 Å². The van der Waals surface area contributed by atoms with E-state index in [1.54, 1.807) is 0 Å². The van der Waals surface area contributed by atoms with Crippen molar-refractivity contribution in [2.45, 2.75) is 24.7 Å². The molecule has 0 atom stereocenters. The SMILES string of the molecule is CC1(C)c2c#cccc2-c2ccc(N(c3ccc(-c4ccc(-c5ccccc5)cc4)cc3)c3ccc4c(c3)C(c3ccccc3)(c3ccccc3)c3ccccc3-4)cc21. The first kappa shape index (κ1) is 34.8. The molecule has 9 aromatic rings. The van der Waals surface area contributed by atoms with Crippen molar-refractivity contribution in [3.8, 4) is 44.5 Å². The van der Waals surface area contributed by atoms with Crippen LogP contribution in [-0.4, -0.2) is 0 Å². The molecule has 0 spiro atoms. The highest BCUT2D eigenvalue weighted by molar-refractivity contribution is 5.91. The van der Waals surface area contributed by atoms with Crippen molar-refractivity contribution < 1.29 is 0 Å². The molecular weight excluding hydrogens is 711 g/mol. The van der Waals surface area contributed by atoms with Gasteiger partial charge in [-0.1, -0.05) is 190 Å². The Morgan fingerprint density at radius 3 is 1.44 bits per heavy atom. The second-order valence-electron chi connectivity index (χ2n) is 16.3. The van der Waals surface area contributed by atoms with Gasteiger partial charge >= 0.3 is 0 Å². The van der Waals surface area contributed by atoms with E-state index < -0.39 is 5.41 Å². The third-order valence-corrected chi connectivity index (χ3v) is 12.8. The van der Waals surface area contributed by atoms with Gasteiger partial charge in [0.1, 0.15) is 0 Å². The van der Waals surface area contributed by atoms with Crippen LogP contribution >= 0.6 is 0 Å². The molecule has 2 aliphatic rings. The Kier molecular flexibility index (Phi) is 8.04. The monoisotopic (exact) mass is 751 g/mol. The maximum Gasteiger partial charge on any atom is 0.0714 e. The number of hydrogen-bond acceptors (Lipinski definition) is 1. The lowest BCUT2D eigenvalue weighted by atomic mass is 9.67. The number of hydrogen-bond donors (Lipinski definition) is 0. The normalized spacial score (nSPS) is 13.7. The fourth-order valence-corrected chi connectivity index (χ4v) is 9.97. The van der Waals surface area contributed by atoms with Crippen LogP contribution in [0.3, 0.4) is 0 Å². The third-order valence-electron chi connectivity index (χ3n) is 12.8. The van der Waals surface area contributed by atoms with Crippen molar-refractivity contribution in [3.63, 3.8) is 0 Å². The zero-order valence-electron chi connectivity index (χ0n) is 33.2. The summed E-state index contributed by atoms with van der Waals surface area (Å²) in [5, 5.41) is 0. The summed E-state index contributed by atoms with van der Waals surface area (Å²) in [6, 6.07) is 84.6. The summed E-state index contributed by atoms with van der Waals surface area (Å²) in [5.41, 5.74) is 20.1. The standard InChI is InChI=1S/C58H41N/c1-57(2)53-24-14-12-22-49(53)51-36-34-47(38-55(51)57)59(46-32-30-43(31-33-46)42-28-26-41(27-29-42)40-16-6-3-7-17-40)48-35-37-52-50-23-13-15-25-54(50)58(56(52)39-48,44-18-8-4-9-19-44)45-20-10-5-11-21-45/h3-13,15-23,25-39H,1-2H3. The smallest absolute Gasteiger partial charge is 0.0714 e. The summed E-state index contributed by atoms with van der Waals surface area (Å²) >= 11 is 0. The van der Waals surface area contributed by atoms with Gasteiger partial charge in [-0.15, -0.1) is 0 Å². The summed E-state index contributed by atoms with van der Waals surface area (Å²) in [6.45, 7) is 4.63. The Balaban J connectivity index is 1.09. The topological polar surface area (TPSA) is 3.24 Å². The van der Waals surface area contributed by atoms with Crippen molar-refractivity contribution in [1.82, 2.24) is 0 Å². The molecule has 0 fully saturated rings. The fourth-order valence-electron chi connectivity index (χ4n) is 9.97. The molecule has 0 saturated carbocycles. The molecule has 11 rings (SSSR count). The van der Waals surface area contributed by atoms with Crippen LogP contribution in [0.15, 0.2) is 212 Å². The van der Waals surface area contributed by atoms with Crippen LogP contribution in [0.4, 0.5) is 17.1 Å². The van der Waals surface area contributed by atoms with E-state index in [0.717, 1.165) is 17.1 Å². The maximum absolute atomic E-state index is 3.47. The first-order valence-corrected chi connectivity index (χ1v) is 20.5. The zero-order chi connectivity index (χ0) is 39.6. The quantitative estimate of drug-likeness (QED) is 0.157. The van der Waals surface area contributed by atoms with Gasteiger partial charge in [0, 0.05) is 28.0 Å². The largest absolute Gasteiger partial charge is 0.310 e. The number of nitrogens with zero attached hydrogens (tertiary/aromatic N) is 1. The second-order valence-corrected chi connectivity index (χ2v) is 16.3.